The first kappa shape index (κ1) is 7.12. The Morgan fingerprint density at radius 3 is 2.33 bits per heavy atom. The van der Waals surface area contributed by atoms with Crippen molar-refractivity contribution in [1.82, 2.24) is 10.2 Å². The third-order valence-corrected chi connectivity index (χ3v) is 7.09. The van der Waals surface area contributed by atoms with Crippen molar-refractivity contribution >= 4 is 22.0 Å². The molecule has 0 radical (unpaired) electrons. The van der Waals surface area contributed by atoms with Crippen molar-refractivity contribution in [2.45, 2.75) is 14.8 Å². The van der Waals surface area contributed by atoms with E-state index < -0.39 is 18.4 Å². The Labute approximate surface area is 59.5 Å². The van der Waals surface area contributed by atoms with Gasteiger partial charge in [-0.15, -0.1) is 0 Å². The van der Waals surface area contributed by atoms with Crippen LogP contribution >= 0.6 is 0 Å². The summed E-state index contributed by atoms with van der Waals surface area (Å²) < 4.78 is 1.46. The van der Waals surface area contributed by atoms with Gasteiger partial charge in [-0.3, -0.25) is 0 Å². The van der Waals surface area contributed by atoms with Crippen LogP contribution in [-0.4, -0.2) is 28.6 Å². The molecule has 0 aromatic carbocycles. The van der Waals surface area contributed by atoms with Crippen LogP contribution in [0.25, 0.3) is 0 Å². The molecule has 3 heteroatoms. The first-order valence-electron chi connectivity index (χ1n) is 3.10. The second kappa shape index (κ2) is 2.32. The van der Waals surface area contributed by atoms with E-state index in [1.165, 1.54) is 3.58 Å². The number of hydrogen-bond acceptors (Lipinski definition) is 1. The van der Waals surface area contributed by atoms with Gasteiger partial charge in [0.1, 0.15) is 0 Å². The van der Waals surface area contributed by atoms with Gasteiger partial charge in [-0.2, -0.15) is 0 Å². The minimum absolute atomic E-state index is 1.46. The van der Waals surface area contributed by atoms with Gasteiger partial charge in [-0.1, -0.05) is 0 Å². The van der Waals surface area contributed by atoms with E-state index in [0.717, 1.165) is 0 Å². The molecule has 0 saturated carbocycles. The van der Waals surface area contributed by atoms with Crippen LogP contribution in [0.2, 0.25) is 14.8 Å². The van der Waals surface area contributed by atoms with E-state index in [4.69, 9.17) is 0 Å². The fourth-order valence-corrected chi connectivity index (χ4v) is 3.37. The number of H-pyrrole nitrogens is 1. The fraction of sp³-hybridized carbons (Fsp3) is 0.500. The summed E-state index contributed by atoms with van der Waals surface area (Å²) in [7, 11) is 0. The quantitative estimate of drug-likeness (QED) is 0.716. The van der Waals surface area contributed by atoms with Crippen molar-refractivity contribution in [2.75, 3.05) is 0 Å². The summed E-state index contributed by atoms with van der Waals surface area (Å²) in [6.07, 6.45) is 3.98. The molecule has 0 bridgehead atoms. The van der Waals surface area contributed by atoms with Gasteiger partial charge in [0.2, 0.25) is 0 Å². The van der Waals surface area contributed by atoms with Gasteiger partial charge in [0.15, 0.2) is 0 Å². The molecule has 1 aromatic heterocycles. The van der Waals surface area contributed by atoms with E-state index in [9.17, 15) is 0 Å². The van der Waals surface area contributed by atoms with Gasteiger partial charge in [0, 0.05) is 0 Å². The fourth-order valence-electron chi connectivity index (χ4n) is 0.661. The average Bonchev–Trinajstić information content (AvgIpc) is 2.08. The molecule has 9 heavy (non-hydrogen) atoms. The third kappa shape index (κ3) is 1.71. The molecule has 0 amide bonds. The van der Waals surface area contributed by atoms with Crippen LogP contribution in [0.5, 0.6) is 0 Å². The Bertz CT molecular complexity index is 173. The van der Waals surface area contributed by atoms with E-state index >= 15 is 0 Å². The second-order valence-electron chi connectivity index (χ2n) is 3.24. The predicted molar refractivity (Wildman–Crippen MR) is 41.6 cm³/mol. The molecule has 0 fully saturated rings. The van der Waals surface area contributed by atoms with Crippen LogP contribution in [0.3, 0.4) is 0 Å². The van der Waals surface area contributed by atoms with E-state index in [-0.39, 0.29) is 0 Å². The number of hydrogen-bond donors (Lipinski definition) is 1. The average molecular weight is 231 g/mol. The van der Waals surface area contributed by atoms with Crippen molar-refractivity contribution in [3.05, 3.63) is 12.4 Å². The van der Waals surface area contributed by atoms with Gasteiger partial charge in [0.25, 0.3) is 0 Å². The molecule has 1 rings (SSSR count). The monoisotopic (exact) mass is 232 g/mol. The van der Waals surface area contributed by atoms with Crippen molar-refractivity contribution in [3.63, 3.8) is 0 Å². The second-order valence-corrected chi connectivity index (χ2v) is 17.7. The van der Waals surface area contributed by atoms with Crippen LogP contribution < -0.4 is 3.58 Å². The Kier molecular flexibility index (Phi) is 1.84. The molecule has 0 spiro atoms. The van der Waals surface area contributed by atoms with E-state index in [2.05, 4.69) is 25.0 Å². The predicted octanol–water partition coefficient (Wildman–Crippen LogP) is 0.955. The van der Waals surface area contributed by atoms with Gasteiger partial charge in [-0.05, 0) is 0 Å². The number of aromatic nitrogens is 2. The molecule has 1 heterocycles. The first-order valence-corrected chi connectivity index (χ1v) is 13.1. The molecule has 2 nitrogen and oxygen atoms in total. The summed E-state index contributed by atoms with van der Waals surface area (Å²) in [5, 5.41) is 6.75. The van der Waals surface area contributed by atoms with Crippen LogP contribution in [-0.2, 0) is 0 Å². The van der Waals surface area contributed by atoms with Gasteiger partial charge >= 0.3 is 59.4 Å². The summed E-state index contributed by atoms with van der Waals surface area (Å²) in [6.45, 7) is 0. The first-order chi connectivity index (χ1) is 4.11. The van der Waals surface area contributed by atoms with Crippen LogP contribution in [0, 0.1) is 0 Å². The Morgan fingerprint density at radius 1 is 1.44 bits per heavy atom. The number of nitrogens with zero attached hydrogens (tertiary/aromatic N) is 1. The Hall–Kier alpha value is 0.00870. The molecule has 0 aliphatic carbocycles. The molecular formula is C6H12N2Sn. The Balaban J connectivity index is 2.90. The molecule has 50 valence electrons. The summed E-state index contributed by atoms with van der Waals surface area (Å²) in [5.74, 6) is 0. The molecular weight excluding hydrogens is 219 g/mol. The molecule has 0 unspecified atom stereocenters. The minimum atomic E-state index is -1.74. The van der Waals surface area contributed by atoms with Crippen molar-refractivity contribution in [3.8, 4) is 0 Å². The van der Waals surface area contributed by atoms with Gasteiger partial charge in [-0.25, -0.2) is 0 Å². The Morgan fingerprint density at radius 2 is 2.11 bits per heavy atom. The van der Waals surface area contributed by atoms with Crippen LogP contribution in [0.15, 0.2) is 12.4 Å². The summed E-state index contributed by atoms with van der Waals surface area (Å²) in [5.41, 5.74) is 0. The number of nitrogens with one attached hydrogen (secondary N) is 1. The SMILES string of the molecule is [CH3][Sn]([CH3])([CH3])[c]1cn[nH]c1. The van der Waals surface area contributed by atoms with Crippen LogP contribution in [0.4, 0.5) is 0 Å². The standard InChI is InChI=1S/C3H3N2.3CH3.Sn/c1-2-4-5-3-1;;;;/h2-3H,(H,4,5);3*1H3;. The van der Waals surface area contributed by atoms with Crippen LogP contribution in [0.1, 0.15) is 0 Å². The summed E-state index contributed by atoms with van der Waals surface area (Å²) in [4.78, 5) is 7.12. The zero-order valence-corrected chi connectivity index (χ0v) is 8.96. The van der Waals surface area contributed by atoms with Gasteiger partial charge < -0.3 is 0 Å². The zero-order valence-electron chi connectivity index (χ0n) is 6.10. The maximum absolute atomic E-state index is 3.92. The molecule has 0 atom stereocenters. The van der Waals surface area contributed by atoms with Crippen molar-refractivity contribution in [1.29, 1.82) is 0 Å². The maximum atomic E-state index is 3.92. The molecule has 1 N–H and O–H groups in total. The van der Waals surface area contributed by atoms with E-state index in [1.807, 2.05) is 12.4 Å². The molecule has 0 aliphatic rings. The summed E-state index contributed by atoms with van der Waals surface area (Å²) >= 11 is -1.74. The topological polar surface area (TPSA) is 28.7 Å². The molecule has 0 aliphatic heterocycles. The third-order valence-electron chi connectivity index (χ3n) is 1.36. The van der Waals surface area contributed by atoms with Gasteiger partial charge in [0.05, 0.1) is 0 Å². The zero-order chi connectivity index (χ0) is 6.91. The van der Waals surface area contributed by atoms with Crippen molar-refractivity contribution < 1.29 is 0 Å². The number of rotatable bonds is 1. The van der Waals surface area contributed by atoms with Crippen molar-refractivity contribution in [2.24, 2.45) is 0 Å². The normalized spacial score (nSPS) is 11.9. The summed E-state index contributed by atoms with van der Waals surface area (Å²) in [6, 6.07) is 0. The van der Waals surface area contributed by atoms with E-state index in [1.54, 1.807) is 0 Å². The number of aromatic amines is 1. The van der Waals surface area contributed by atoms with E-state index in [0.29, 0.717) is 0 Å². The molecule has 0 saturated heterocycles. The molecule has 1 aromatic rings.